The number of hydrogen-bond donors (Lipinski definition) is 2. The zero-order chi connectivity index (χ0) is 17.7. The Morgan fingerprint density at radius 3 is 2.42 bits per heavy atom. The molecule has 0 spiro atoms. The van der Waals surface area contributed by atoms with Crippen LogP contribution in [-0.4, -0.2) is 28.5 Å². The third-order valence-corrected chi connectivity index (χ3v) is 3.19. The summed E-state index contributed by atoms with van der Waals surface area (Å²) >= 11 is 0. The lowest BCUT2D eigenvalue weighted by Gasteiger charge is -2.20. The van der Waals surface area contributed by atoms with E-state index >= 15 is 0 Å². The van der Waals surface area contributed by atoms with E-state index in [2.05, 4.69) is 20.6 Å². The van der Waals surface area contributed by atoms with Gasteiger partial charge in [-0.3, -0.25) is 4.79 Å². The van der Waals surface area contributed by atoms with Gasteiger partial charge in [-0.2, -0.15) is 0 Å². The highest BCUT2D eigenvalue weighted by atomic mass is 16.5. The molecule has 1 heterocycles. The number of methoxy groups -OCH3 is 1. The maximum absolute atomic E-state index is 12.3. The first-order valence-electron chi connectivity index (χ1n) is 7.82. The van der Waals surface area contributed by atoms with Crippen molar-refractivity contribution in [1.29, 1.82) is 0 Å². The zero-order valence-corrected chi connectivity index (χ0v) is 14.8. The molecule has 24 heavy (non-hydrogen) atoms. The fourth-order valence-electron chi connectivity index (χ4n) is 2.12. The van der Waals surface area contributed by atoms with E-state index < -0.39 is 0 Å². The van der Waals surface area contributed by atoms with Gasteiger partial charge >= 0.3 is 0 Å². The fraction of sp³-hybridized carbons (Fsp3) is 0.389. The lowest BCUT2D eigenvalue weighted by atomic mass is 10.1. The van der Waals surface area contributed by atoms with Crippen molar-refractivity contribution in [1.82, 2.24) is 15.3 Å². The Morgan fingerprint density at radius 2 is 1.83 bits per heavy atom. The number of hydrogen-bond acceptors (Lipinski definition) is 5. The number of nitrogens with one attached hydrogen (secondary N) is 2. The zero-order valence-electron chi connectivity index (χ0n) is 14.8. The quantitative estimate of drug-likeness (QED) is 0.882. The summed E-state index contributed by atoms with van der Waals surface area (Å²) in [6.45, 7) is 8.17. The molecule has 0 radical (unpaired) electrons. The fourth-order valence-corrected chi connectivity index (χ4v) is 2.12. The van der Waals surface area contributed by atoms with Crippen LogP contribution in [0.1, 0.15) is 42.6 Å². The van der Waals surface area contributed by atoms with Gasteiger partial charge in [-0.05, 0) is 45.4 Å². The van der Waals surface area contributed by atoms with Gasteiger partial charge in [0.2, 0.25) is 0 Å². The number of carbonyl (C=O) groups excluding carboxylic acids is 1. The van der Waals surface area contributed by atoms with Crippen LogP contribution in [-0.2, 0) is 6.54 Å². The number of aryl methyl sites for hydroxylation is 1. The average molecular weight is 328 g/mol. The van der Waals surface area contributed by atoms with Crippen LogP contribution in [0.4, 0.5) is 5.82 Å². The van der Waals surface area contributed by atoms with Gasteiger partial charge in [0, 0.05) is 18.2 Å². The van der Waals surface area contributed by atoms with Crippen molar-refractivity contribution in [3.8, 4) is 5.75 Å². The third-order valence-electron chi connectivity index (χ3n) is 3.19. The largest absolute Gasteiger partial charge is 0.497 e. The molecule has 0 saturated carbocycles. The topological polar surface area (TPSA) is 76.1 Å². The number of carbonyl (C=O) groups is 1. The Balaban J connectivity index is 2.08. The second-order valence-electron chi connectivity index (χ2n) is 6.59. The number of rotatable bonds is 5. The predicted octanol–water partition coefficient (Wildman–Crippen LogP) is 2.93. The van der Waals surface area contributed by atoms with Crippen molar-refractivity contribution in [2.24, 2.45) is 0 Å². The first-order valence-corrected chi connectivity index (χ1v) is 7.82. The smallest absolute Gasteiger partial charge is 0.270 e. The standard InChI is InChI=1S/C18H24N4O2/c1-12-20-15(17(23)22-18(2,3)4)10-16(21-12)19-11-13-6-8-14(24-5)9-7-13/h6-10H,11H2,1-5H3,(H,22,23)(H,19,20,21). The lowest BCUT2D eigenvalue weighted by molar-refractivity contribution is 0.0914. The highest BCUT2D eigenvalue weighted by molar-refractivity contribution is 5.93. The van der Waals surface area contributed by atoms with E-state index in [1.165, 1.54) is 0 Å². The van der Waals surface area contributed by atoms with Gasteiger partial charge in [-0.15, -0.1) is 0 Å². The molecule has 0 aliphatic rings. The summed E-state index contributed by atoms with van der Waals surface area (Å²) < 4.78 is 5.14. The summed E-state index contributed by atoms with van der Waals surface area (Å²) in [7, 11) is 1.64. The highest BCUT2D eigenvalue weighted by Crippen LogP contribution is 2.14. The van der Waals surface area contributed by atoms with Crippen molar-refractivity contribution < 1.29 is 9.53 Å². The molecule has 2 N–H and O–H groups in total. The molecule has 6 heteroatoms. The van der Waals surface area contributed by atoms with Gasteiger partial charge in [-0.1, -0.05) is 12.1 Å². The molecule has 0 aliphatic carbocycles. The van der Waals surface area contributed by atoms with Crippen LogP contribution in [0.3, 0.4) is 0 Å². The van der Waals surface area contributed by atoms with Gasteiger partial charge in [0.1, 0.15) is 23.1 Å². The second-order valence-corrected chi connectivity index (χ2v) is 6.59. The number of anilines is 1. The molecule has 0 saturated heterocycles. The predicted molar refractivity (Wildman–Crippen MR) is 94.3 cm³/mol. The first-order chi connectivity index (χ1) is 11.3. The van der Waals surface area contributed by atoms with E-state index in [0.29, 0.717) is 23.9 Å². The molecule has 0 fully saturated rings. The van der Waals surface area contributed by atoms with E-state index in [1.54, 1.807) is 20.1 Å². The minimum absolute atomic E-state index is 0.208. The molecule has 0 aliphatic heterocycles. The van der Waals surface area contributed by atoms with Gasteiger partial charge in [0.05, 0.1) is 7.11 Å². The lowest BCUT2D eigenvalue weighted by Crippen LogP contribution is -2.41. The molecule has 1 aromatic carbocycles. The summed E-state index contributed by atoms with van der Waals surface area (Å²) in [6.07, 6.45) is 0. The first kappa shape index (κ1) is 17.7. The number of amides is 1. The van der Waals surface area contributed by atoms with Crippen molar-refractivity contribution in [3.63, 3.8) is 0 Å². The average Bonchev–Trinajstić information content (AvgIpc) is 2.51. The number of nitrogens with zero attached hydrogens (tertiary/aromatic N) is 2. The molecule has 6 nitrogen and oxygen atoms in total. The van der Waals surface area contributed by atoms with Crippen LogP contribution >= 0.6 is 0 Å². The van der Waals surface area contributed by atoms with Gasteiger partial charge < -0.3 is 15.4 Å². The number of benzene rings is 1. The maximum Gasteiger partial charge on any atom is 0.270 e. The molecule has 1 amide bonds. The summed E-state index contributed by atoms with van der Waals surface area (Å²) in [5.74, 6) is 1.78. The van der Waals surface area contributed by atoms with E-state index in [0.717, 1.165) is 11.3 Å². The second kappa shape index (κ2) is 7.29. The SMILES string of the molecule is COc1ccc(CNc2cc(C(=O)NC(C)(C)C)nc(C)n2)cc1. The molecule has 2 rings (SSSR count). The van der Waals surface area contributed by atoms with Crippen molar-refractivity contribution in [2.75, 3.05) is 12.4 Å². The molecule has 0 bridgehead atoms. The van der Waals surface area contributed by atoms with Crippen molar-refractivity contribution >= 4 is 11.7 Å². The van der Waals surface area contributed by atoms with Gasteiger partial charge in [0.25, 0.3) is 5.91 Å². The molecular weight excluding hydrogens is 304 g/mol. The Kier molecular flexibility index (Phi) is 5.39. The van der Waals surface area contributed by atoms with Crippen molar-refractivity contribution in [2.45, 2.75) is 39.8 Å². The number of aromatic nitrogens is 2. The van der Waals surface area contributed by atoms with Crippen LogP contribution in [0.2, 0.25) is 0 Å². The summed E-state index contributed by atoms with van der Waals surface area (Å²) in [5, 5.41) is 6.13. The monoisotopic (exact) mass is 328 g/mol. The van der Waals surface area contributed by atoms with Crippen LogP contribution in [0.15, 0.2) is 30.3 Å². The summed E-state index contributed by atoms with van der Waals surface area (Å²) in [5.41, 5.74) is 1.13. The maximum atomic E-state index is 12.3. The highest BCUT2D eigenvalue weighted by Gasteiger charge is 2.17. The molecule has 128 valence electrons. The Morgan fingerprint density at radius 1 is 1.17 bits per heavy atom. The van der Waals surface area contributed by atoms with Crippen LogP contribution in [0, 0.1) is 6.92 Å². The van der Waals surface area contributed by atoms with Crippen LogP contribution in [0.25, 0.3) is 0 Å². The molecule has 0 atom stereocenters. The van der Waals surface area contributed by atoms with Crippen LogP contribution in [0.5, 0.6) is 5.75 Å². The van der Waals surface area contributed by atoms with E-state index in [-0.39, 0.29) is 11.4 Å². The Hall–Kier alpha value is -2.63. The van der Waals surface area contributed by atoms with Gasteiger partial charge in [0.15, 0.2) is 0 Å². The minimum Gasteiger partial charge on any atom is -0.497 e. The molecule has 2 aromatic rings. The minimum atomic E-state index is -0.313. The molecular formula is C18H24N4O2. The van der Waals surface area contributed by atoms with Gasteiger partial charge in [-0.25, -0.2) is 9.97 Å². The third kappa shape index (κ3) is 5.22. The van der Waals surface area contributed by atoms with E-state index in [1.807, 2.05) is 45.0 Å². The Labute approximate surface area is 142 Å². The molecule has 0 unspecified atom stereocenters. The van der Waals surface area contributed by atoms with E-state index in [4.69, 9.17) is 4.74 Å². The van der Waals surface area contributed by atoms with E-state index in [9.17, 15) is 4.79 Å². The molecule has 1 aromatic heterocycles. The van der Waals surface area contributed by atoms with Crippen LogP contribution < -0.4 is 15.4 Å². The normalized spacial score (nSPS) is 11.0. The summed E-state index contributed by atoms with van der Waals surface area (Å²) in [6, 6.07) is 9.44. The Bertz CT molecular complexity index is 706. The summed E-state index contributed by atoms with van der Waals surface area (Å²) in [4.78, 5) is 20.8. The number of ether oxygens (including phenoxy) is 1. The van der Waals surface area contributed by atoms with Crippen molar-refractivity contribution in [3.05, 3.63) is 47.4 Å².